The Morgan fingerprint density at radius 2 is 1.72 bits per heavy atom. The highest BCUT2D eigenvalue weighted by Gasteiger charge is 2.65. The van der Waals surface area contributed by atoms with Gasteiger partial charge in [0.1, 0.15) is 11.6 Å². The van der Waals surface area contributed by atoms with Crippen molar-refractivity contribution in [2.75, 3.05) is 26.3 Å². The molecule has 1 saturated carbocycles. The minimum atomic E-state index is -3.78. The molecule has 2 bridgehead atoms. The van der Waals surface area contributed by atoms with Crippen molar-refractivity contribution >= 4 is 10.0 Å². The topological polar surface area (TPSA) is 85.3 Å². The standard InChI is InChI=1S/C26H26F2N4O3S/c1-25(2)17-9-10-26(25,21-7-4-8-22(29-21)36(33,34)32-11-13-35-14-12-32)24-16(17)15-20(30-31-24)23-18(27)5-3-6-19(23)28/h3-8,15,17H,9-14H2,1-2H3/t17-,26-/m0/s1. The van der Waals surface area contributed by atoms with E-state index >= 15 is 0 Å². The normalized spacial score (nSPS) is 25.2. The van der Waals surface area contributed by atoms with Crippen LogP contribution in [0.2, 0.25) is 0 Å². The molecule has 0 radical (unpaired) electrons. The number of aromatic nitrogens is 3. The second-order valence-corrected chi connectivity index (χ2v) is 12.1. The van der Waals surface area contributed by atoms with Crippen molar-refractivity contribution < 1.29 is 21.9 Å². The summed E-state index contributed by atoms with van der Waals surface area (Å²) in [4.78, 5) is 4.72. The Hall–Kier alpha value is -2.82. The lowest BCUT2D eigenvalue weighted by Gasteiger charge is -2.37. The Labute approximate surface area is 208 Å². The molecule has 3 aliphatic rings. The van der Waals surface area contributed by atoms with E-state index in [1.54, 1.807) is 12.1 Å². The summed E-state index contributed by atoms with van der Waals surface area (Å²) in [5, 5.41) is 8.77. The van der Waals surface area contributed by atoms with Crippen LogP contribution in [-0.4, -0.2) is 54.2 Å². The second-order valence-electron chi connectivity index (χ2n) is 10.2. The summed E-state index contributed by atoms with van der Waals surface area (Å²) in [7, 11) is -3.78. The van der Waals surface area contributed by atoms with Crippen molar-refractivity contribution in [1.82, 2.24) is 19.5 Å². The molecule has 3 heterocycles. The molecule has 2 fully saturated rings. The molecule has 3 aromatic rings. The Morgan fingerprint density at radius 3 is 2.44 bits per heavy atom. The molecule has 1 aromatic carbocycles. The van der Waals surface area contributed by atoms with E-state index in [-0.39, 0.29) is 40.7 Å². The van der Waals surface area contributed by atoms with Crippen LogP contribution in [0.3, 0.4) is 0 Å². The highest BCUT2D eigenvalue weighted by molar-refractivity contribution is 7.89. The highest BCUT2D eigenvalue weighted by atomic mass is 32.2. The summed E-state index contributed by atoms with van der Waals surface area (Å²) in [6.45, 7) is 5.53. The largest absolute Gasteiger partial charge is 0.379 e. The van der Waals surface area contributed by atoms with Crippen molar-refractivity contribution in [2.45, 2.75) is 43.0 Å². The first-order valence-corrected chi connectivity index (χ1v) is 13.5. The molecule has 188 valence electrons. The predicted octanol–water partition coefficient (Wildman–Crippen LogP) is 4.04. The van der Waals surface area contributed by atoms with Crippen LogP contribution >= 0.6 is 0 Å². The Kier molecular flexibility index (Phi) is 5.30. The Morgan fingerprint density at radius 1 is 1.03 bits per heavy atom. The van der Waals surface area contributed by atoms with Crippen LogP contribution < -0.4 is 0 Å². The lowest BCUT2D eigenvalue weighted by molar-refractivity contribution is 0.0729. The summed E-state index contributed by atoms with van der Waals surface area (Å²) >= 11 is 0. The predicted molar refractivity (Wildman–Crippen MR) is 128 cm³/mol. The highest BCUT2D eigenvalue weighted by Crippen LogP contribution is 2.69. The summed E-state index contributed by atoms with van der Waals surface area (Å²) in [6, 6.07) is 10.6. The molecule has 0 N–H and O–H groups in total. The van der Waals surface area contributed by atoms with Gasteiger partial charge in [0, 0.05) is 13.1 Å². The third-order valence-electron chi connectivity index (χ3n) is 8.34. The third kappa shape index (κ3) is 3.13. The molecule has 0 unspecified atom stereocenters. The van der Waals surface area contributed by atoms with E-state index < -0.39 is 27.1 Å². The fraction of sp³-hybridized carbons (Fsp3) is 0.423. The van der Waals surface area contributed by atoms with Crippen LogP contribution in [-0.2, 0) is 20.2 Å². The van der Waals surface area contributed by atoms with Gasteiger partial charge in [-0.2, -0.15) is 9.40 Å². The van der Waals surface area contributed by atoms with Gasteiger partial charge in [-0.15, -0.1) is 5.10 Å². The van der Waals surface area contributed by atoms with Crippen molar-refractivity contribution in [1.29, 1.82) is 0 Å². The number of sulfonamides is 1. The minimum Gasteiger partial charge on any atom is -0.379 e. The molecule has 2 aliphatic carbocycles. The molecular weight excluding hydrogens is 486 g/mol. The molecule has 1 saturated heterocycles. The third-order valence-corrected chi connectivity index (χ3v) is 10.1. The summed E-state index contributed by atoms with van der Waals surface area (Å²) < 4.78 is 62.4. The number of benzene rings is 1. The first kappa shape index (κ1) is 23.6. The molecule has 2 aromatic heterocycles. The number of morpholine rings is 1. The maximum Gasteiger partial charge on any atom is 0.260 e. The van der Waals surface area contributed by atoms with E-state index in [4.69, 9.17) is 9.72 Å². The average molecular weight is 513 g/mol. The number of fused-ring (bicyclic) bond motifs is 5. The summed E-state index contributed by atoms with van der Waals surface area (Å²) in [5.41, 5.74) is 1.16. The van der Waals surface area contributed by atoms with E-state index in [1.165, 1.54) is 28.6 Å². The van der Waals surface area contributed by atoms with Gasteiger partial charge in [-0.05, 0) is 60.1 Å². The van der Waals surface area contributed by atoms with Gasteiger partial charge in [0.15, 0.2) is 5.03 Å². The van der Waals surface area contributed by atoms with Crippen LogP contribution in [0.4, 0.5) is 8.78 Å². The Balaban J connectivity index is 1.48. The number of hydrogen-bond donors (Lipinski definition) is 0. The quantitative estimate of drug-likeness (QED) is 0.525. The van der Waals surface area contributed by atoms with Gasteiger partial charge in [0.2, 0.25) is 0 Å². The maximum atomic E-state index is 14.5. The fourth-order valence-electron chi connectivity index (χ4n) is 6.47. The molecular formula is C26H26F2N4O3S. The first-order chi connectivity index (χ1) is 17.2. The van der Waals surface area contributed by atoms with Crippen LogP contribution in [0.1, 0.15) is 49.6 Å². The van der Waals surface area contributed by atoms with Crippen molar-refractivity contribution in [3.8, 4) is 11.3 Å². The molecule has 0 spiro atoms. The molecule has 10 heteroatoms. The van der Waals surface area contributed by atoms with E-state index in [0.29, 0.717) is 24.6 Å². The van der Waals surface area contributed by atoms with E-state index in [9.17, 15) is 17.2 Å². The van der Waals surface area contributed by atoms with Gasteiger partial charge < -0.3 is 4.74 Å². The van der Waals surface area contributed by atoms with Gasteiger partial charge in [-0.1, -0.05) is 26.0 Å². The van der Waals surface area contributed by atoms with Gasteiger partial charge in [0.05, 0.1) is 41.3 Å². The van der Waals surface area contributed by atoms with Crippen molar-refractivity contribution in [3.63, 3.8) is 0 Å². The average Bonchev–Trinajstić information content (AvgIpc) is 3.25. The van der Waals surface area contributed by atoms with Gasteiger partial charge >= 0.3 is 0 Å². The zero-order chi connectivity index (χ0) is 25.3. The van der Waals surface area contributed by atoms with Crippen molar-refractivity contribution in [2.24, 2.45) is 5.41 Å². The van der Waals surface area contributed by atoms with E-state index in [1.807, 2.05) is 6.07 Å². The SMILES string of the molecule is CC1(C)[C@H]2CC[C@]1(c1cccc(S(=O)(=O)N3CCOCC3)n1)c1nnc(-c3c(F)cccc3F)cc12. The molecule has 36 heavy (non-hydrogen) atoms. The maximum absolute atomic E-state index is 14.5. The van der Waals surface area contributed by atoms with Crippen LogP contribution in [0.15, 0.2) is 47.5 Å². The number of halogens is 2. The zero-order valence-electron chi connectivity index (χ0n) is 20.0. The number of ether oxygens (including phenoxy) is 1. The van der Waals surface area contributed by atoms with Crippen LogP contribution in [0.25, 0.3) is 11.3 Å². The van der Waals surface area contributed by atoms with Crippen molar-refractivity contribution in [3.05, 3.63) is 71.1 Å². The molecule has 7 nitrogen and oxygen atoms in total. The number of hydrogen-bond acceptors (Lipinski definition) is 6. The number of nitrogens with zero attached hydrogens (tertiary/aromatic N) is 4. The van der Waals surface area contributed by atoms with Crippen LogP contribution in [0, 0.1) is 17.0 Å². The van der Waals surface area contributed by atoms with E-state index in [2.05, 4.69) is 24.0 Å². The lowest BCUT2D eigenvalue weighted by atomic mass is 9.66. The summed E-state index contributed by atoms with van der Waals surface area (Å²) in [6.07, 6.45) is 1.56. The molecule has 6 rings (SSSR count). The molecule has 0 amide bonds. The summed E-state index contributed by atoms with van der Waals surface area (Å²) in [5.74, 6) is -1.31. The van der Waals surface area contributed by atoms with Gasteiger partial charge in [-0.3, -0.25) is 0 Å². The van der Waals surface area contributed by atoms with Gasteiger partial charge in [0.25, 0.3) is 10.0 Å². The molecule has 1 aliphatic heterocycles. The second kappa shape index (κ2) is 8.09. The number of rotatable bonds is 4. The van der Waals surface area contributed by atoms with E-state index in [0.717, 1.165) is 18.4 Å². The minimum absolute atomic E-state index is 0.00184. The first-order valence-electron chi connectivity index (χ1n) is 12.1. The zero-order valence-corrected chi connectivity index (χ0v) is 20.9. The number of pyridine rings is 1. The lowest BCUT2D eigenvalue weighted by Crippen LogP contribution is -2.42. The van der Waals surface area contributed by atoms with Crippen LogP contribution in [0.5, 0.6) is 0 Å². The smallest absolute Gasteiger partial charge is 0.260 e. The Bertz CT molecular complexity index is 1450. The van der Waals surface area contributed by atoms with Gasteiger partial charge in [-0.25, -0.2) is 22.2 Å². The fourth-order valence-corrected chi connectivity index (χ4v) is 7.83. The monoisotopic (exact) mass is 512 g/mol. The molecule has 2 atom stereocenters.